The summed E-state index contributed by atoms with van der Waals surface area (Å²) in [6, 6.07) is 5.60. The van der Waals surface area contributed by atoms with Gasteiger partial charge in [0.15, 0.2) is 5.17 Å². The number of carbonyl (C=O) groups is 1. The first-order valence-corrected chi connectivity index (χ1v) is 15.6. The molecule has 0 aromatic heterocycles. The summed E-state index contributed by atoms with van der Waals surface area (Å²) in [4.78, 5) is 18.3. The minimum atomic E-state index is -1.35. The van der Waals surface area contributed by atoms with E-state index in [2.05, 4.69) is 35.6 Å². The summed E-state index contributed by atoms with van der Waals surface area (Å²) in [7, 11) is -1.35. The number of hydrogen-bond acceptors (Lipinski definition) is 4. The Hall–Kier alpha value is -1.16. The topological polar surface area (TPSA) is 62.1 Å². The standard InChI is InChI=1S/C22H32BrFN2O3SSi/c1-21(2,3)18(29-11-13-31(5,6)7)26(20(27)28)19-25-22(4,10-12-30-19)16-14-15(23)8-9-17(16)24/h8-10,12,14,18H,11,13H2,1-7H3,(H,27,28)/t18-,22?/m0/s1. The smallest absolute Gasteiger partial charge is 0.415 e. The lowest BCUT2D eigenvalue weighted by Crippen LogP contribution is -2.51. The molecule has 0 aliphatic carbocycles. The molecule has 0 saturated carbocycles. The molecule has 1 unspecified atom stereocenters. The molecule has 31 heavy (non-hydrogen) atoms. The molecule has 2 rings (SSSR count). The molecule has 0 spiro atoms. The number of thioether (sulfide) groups is 1. The highest BCUT2D eigenvalue weighted by molar-refractivity contribution is 9.10. The fourth-order valence-electron chi connectivity index (χ4n) is 3.11. The second kappa shape index (κ2) is 9.76. The molecule has 1 aromatic carbocycles. The molecule has 0 saturated heterocycles. The summed E-state index contributed by atoms with van der Waals surface area (Å²) in [5, 5.41) is 12.1. The van der Waals surface area contributed by atoms with Crippen LogP contribution in [0.3, 0.4) is 0 Å². The highest BCUT2D eigenvalue weighted by Crippen LogP contribution is 2.38. The largest absolute Gasteiger partial charge is 0.465 e. The second-order valence-electron chi connectivity index (χ2n) is 10.1. The van der Waals surface area contributed by atoms with Gasteiger partial charge in [0.05, 0.1) is 0 Å². The number of carboxylic acid groups (broad SMARTS) is 1. The molecule has 1 aliphatic heterocycles. The van der Waals surface area contributed by atoms with Gasteiger partial charge in [-0.25, -0.2) is 19.1 Å². The van der Waals surface area contributed by atoms with Gasteiger partial charge in [-0.1, -0.05) is 68.1 Å². The van der Waals surface area contributed by atoms with Crippen LogP contribution in [-0.2, 0) is 10.3 Å². The molecular formula is C22H32BrFN2O3SSi. The fraction of sp³-hybridized carbons (Fsp3) is 0.545. The summed E-state index contributed by atoms with van der Waals surface area (Å²) in [5.41, 5.74) is -1.16. The van der Waals surface area contributed by atoms with Gasteiger partial charge in [0.1, 0.15) is 17.6 Å². The van der Waals surface area contributed by atoms with E-state index in [1.54, 1.807) is 30.5 Å². The van der Waals surface area contributed by atoms with Crippen molar-refractivity contribution in [1.29, 1.82) is 0 Å². The van der Waals surface area contributed by atoms with Crippen molar-refractivity contribution in [2.45, 2.75) is 65.1 Å². The van der Waals surface area contributed by atoms with E-state index < -0.39 is 37.2 Å². The number of rotatable bonds is 6. The van der Waals surface area contributed by atoms with Crippen molar-refractivity contribution in [3.63, 3.8) is 0 Å². The molecule has 172 valence electrons. The van der Waals surface area contributed by atoms with Crippen molar-refractivity contribution in [2.24, 2.45) is 10.4 Å². The van der Waals surface area contributed by atoms with Crippen LogP contribution >= 0.6 is 27.7 Å². The maximum absolute atomic E-state index is 14.6. The van der Waals surface area contributed by atoms with E-state index in [9.17, 15) is 14.3 Å². The van der Waals surface area contributed by atoms with Crippen LogP contribution in [0.1, 0.15) is 33.3 Å². The van der Waals surface area contributed by atoms with Gasteiger partial charge < -0.3 is 9.84 Å². The van der Waals surface area contributed by atoms with Gasteiger partial charge in [-0.15, -0.1) is 0 Å². The molecule has 0 fully saturated rings. The normalized spacial score (nSPS) is 20.4. The lowest BCUT2D eigenvalue weighted by Gasteiger charge is -2.40. The van der Waals surface area contributed by atoms with Crippen molar-refractivity contribution >= 4 is 47.0 Å². The third-order valence-corrected chi connectivity index (χ3v) is 7.85. The number of nitrogens with zero attached hydrogens (tertiary/aromatic N) is 2. The Morgan fingerprint density at radius 1 is 1.39 bits per heavy atom. The Morgan fingerprint density at radius 3 is 2.58 bits per heavy atom. The van der Waals surface area contributed by atoms with Gasteiger partial charge in [0.2, 0.25) is 0 Å². The molecule has 0 bridgehead atoms. The number of amidine groups is 1. The minimum absolute atomic E-state index is 0.268. The van der Waals surface area contributed by atoms with Crippen LogP contribution in [0.25, 0.3) is 0 Å². The third-order valence-electron chi connectivity index (χ3n) is 4.88. The van der Waals surface area contributed by atoms with Crippen LogP contribution in [0.5, 0.6) is 0 Å². The summed E-state index contributed by atoms with van der Waals surface area (Å²) in [5.74, 6) is -0.397. The predicted octanol–water partition coefficient (Wildman–Crippen LogP) is 7.13. The van der Waals surface area contributed by atoms with E-state index in [0.29, 0.717) is 12.2 Å². The number of halogens is 2. The van der Waals surface area contributed by atoms with E-state index in [0.717, 1.165) is 10.5 Å². The third kappa shape index (κ3) is 6.91. The van der Waals surface area contributed by atoms with Gasteiger partial charge in [-0.3, -0.25) is 0 Å². The van der Waals surface area contributed by atoms with Crippen LogP contribution in [0, 0.1) is 11.2 Å². The monoisotopic (exact) mass is 530 g/mol. The van der Waals surface area contributed by atoms with E-state index >= 15 is 0 Å². The average Bonchev–Trinajstić information content (AvgIpc) is 2.61. The Kier molecular flexibility index (Phi) is 8.22. The molecule has 1 aliphatic rings. The quantitative estimate of drug-likeness (QED) is 0.313. The van der Waals surface area contributed by atoms with E-state index in [4.69, 9.17) is 9.73 Å². The Balaban J connectivity index is 2.45. The average molecular weight is 532 g/mol. The van der Waals surface area contributed by atoms with Crippen molar-refractivity contribution in [3.8, 4) is 0 Å². The number of ether oxygens (including phenoxy) is 1. The SMILES string of the molecule is CC1(c2cc(Br)ccc2F)C=CSC(N(C(=O)O)[C@@H](OCC[Si](C)(C)C)C(C)(C)C)=N1. The maximum Gasteiger partial charge on any atom is 0.415 e. The summed E-state index contributed by atoms with van der Waals surface area (Å²) >= 11 is 4.58. The molecule has 0 radical (unpaired) electrons. The second-order valence-corrected chi connectivity index (χ2v) is 17.5. The van der Waals surface area contributed by atoms with Crippen molar-refractivity contribution in [2.75, 3.05) is 6.61 Å². The van der Waals surface area contributed by atoms with Crippen LogP contribution in [0.2, 0.25) is 25.7 Å². The first-order chi connectivity index (χ1) is 14.1. The predicted molar refractivity (Wildman–Crippen MR) is 133 cm³/mol. The molecule has 1 heterocycles. The molecule has 2 atom stereocenters. The summed E-state index contributed by atoms with van der Waals surface area (Å²) in [6.45, 7) is 14.8. The fourth-order valence-corrected chi connectivity index (χ4v) is 5.18. The lowest BCUT2D eigenvalue weighted by molar-refractivity contribution is -0.0759. The van der Waals surface area contributed by atoms with Gasteiger partial charge in [-0.2, -0.15) is 0 Å². The molecule has 1 N–H and O–H groups in total. The Labute approximate surface area is 198 Å². The van der Waals surface area contributed by atoms with Crippen LogP contribution in [0.4, 0.5) is 9.18 Å². The molecular weight excluding hydrogens is 499 g/mol. The first-order valence-electron chi connectivity index (χ1n) is 10.2. The zero-order chi connectivity index (χ0) is 23.6. The minimum Gasteiger partial charge on any atom is -0.465 e. The van der Waals surface area contributed by atoms with Gasteiger partial charge in [0, 0.05) is 30.1 Å². The van der Waals surface area contributed by atoms with E-state index in [1.165, 1.54) is 22.7 Å². The molecule has 9 heteroatoms. The Bertz CT molecular complexity index is 882. The zero-order valence-electron chi connectivity index (χ0n) is 19.2. The van der Waals surface area contributed by atoms with Crippen molar-refractivity contribution < 1.29 is 19.0 Å². The van der Waals surface area contributed by atoms with Crippen molar-refractivity contribution in [3.05, 3.63) is 45.5 Å². The van der Waals surface area contributed by atoms with Crippen LogP contribution in [-0.4, -0.2) is 42.2 Å². The highest BCUT2D eigenvalue weighted by Gasteiger charge is 2.40. The summed E-state index contributed by atoms with van der Waals surface area (Å²) < 4.78 is 21.5. The van der Waals surface area contributed by atoms with Gasteiger partial charge >= 0.3 is 6.09 Å². The Morgan fingerprint density at radius 2 is 2.03 bits per heavy atom. The number of benzene rings is 1. The zero-order valence-corrected chi connectivity index (χ0v) is 22.6. The first kappa shape index (κ1) is 26.1. The van der Waals surface area contributed by atoms with Crippen molar-refractivity contribution in [1.82, 2.24) is 4.90 Å². The molecule has 5 nitrogen and oxygen atoms in total. The number of aliphatic imine (C=N–C) groups is 1. The van der Waals surface area contributed by atoms with Crippen LogP contribution < -0.4 is 0 Å². The summed E-state index contributed by atoms with van der Waals surface area (Å²) in [6.07, 6.45) is -0.0910. The highest BCUT2D eigenvalue weighted by atomic mass is 79.9. The van der Waals surface area contributed by atoms with Gasteiger partial charge in [-0.05, 0) is 42.7 Å². The molecule has 1 aromatic rings. The van der Waals surface area contributed by atoms with Crippen LogP contribution in [0.15, 0.2) is 39.1 Å². The van der Waals surface area contributed by atoms with E-state index in [-0.39, 0.29) is 5.17 Å². The maximum atomic E-state index is 14.6. The van der Waals surface area contributed by atoms with Gasteiger partial charge in [0.25, 0.3) is 0 Å². The van der Waals surface area contributed by atoms with E-state index in [1.807, 2.05) is 20.8 Å². The number of hydrogen-bond donors (Lipinski definition) is 1. The lowest BCUT2D eigenvalue weighted by atomic mass is 9.92. The molecule has 1 amide bonds. The number of amides is 1.